The molecule has 2 aliphatic rings. The van der Waals surface area contributed by atoms with E-state index in [0.717, 1.165) is 54.3 Å². The molecule has 1 N–H and O–H groups in total. The molecule has 0 spiro atoms. The number of carbonyl (C=O) groups excluding carboxylic acids is 1. The quantitative estimate of drug-likeness (QED) is 0.393. The van der Waals surface area contributed by atoms with E-state index in [1.54, 1.807) is 0 Å². The first-order chi connectivity index (χ1) is 17.9. The number of aliphatic hydroxyl groups is 1. The molecule has 6 nitrogen and oxygen atoms in total. The van der Waals surface area contributed by atoms with Gasteiger partial charge in [-0.2, -0.15) is 0 Å². The van der Waals surface area contributed by atoms with Crippen LogP contribution < -0.4 is 9.47 Å². The fourth-order valence-electron chi connectivity index (χ4n) is 5.53. The Morgan fingerprint density at radius 2 is 1.95 bits per heavy atom. The second kappa shape index (κ2) is 10.5. The smallest absolute Gasteiger partial charge is 0.309 e. The van der Waals surface area contributed by atoms with Crippen molar-refractivity contribution in [1.82, 2.24) is 4.98 Å². The minimum Gasteiger partial charge on any atom is -0.485 e. The highest BCUT2D eigenvalue weighted by Crippen LogP contribution is 2.48. The average Bonchev–Trinajstić information content (AvgIpc) is 3.77. The van der Waals surface area contributed by atoms with Crippen LogP contribution in [0.1, 0.15) is 60.5 Å². The van der Waals surface area contributed by atoms with Gasteiger partial charge in [-0.1, -0.05) is 31.2 Å². The van der Waals surface area contributed by atoms with Gasteiger partial charge in [0, 0.05) is 11.6 Å². The Morgan fingerprint density at radius 3 is 2.65 bits per heavy atom. The van der Waals surface area contributed by atoms with Crippen LogP contribution >= 0.6 is 0 Å². The number of hydrogen-bond acceptors (Lipinski definition) is 6. The number of carbonyl (C=O) groups is 1. The molecule has 2 aromatic carbocycles. The highest BCUT2D eigenvalue weighted by molar-refractivity contribution is 5.73. The van der Waals surface area contributed by atoms with Gasteiger partial charge in [-0.05, 0) is 77.5 Å². The summed E-state index contributed by atoms with van der Waals surface area (Å²) in [7, 11) is 2.92. The highest BCUT2D eigenvalue weighted by atomic mass is 19.1. The molecule has 0 amide bonds. The van der Waals surface area contributed by atoms with Crippen LogP contribution in [0.5, 0.6) is 11.6 Å². The number of ether oxygens (including phenoxy) is 3. The monoisotopic (exact) mass is 505 g/mol. The number of fused-ring (bicyclic) bond motifs is 1. The van der Waals surface area contributed by atoms with Gasteiger partial charge in [-0.3, -0.25) is 4.79 Å². The topological polar surface area (TPSA) is 77.9 Å². The molecule has 3 aromatic rings. The molecular formula is C30H32FNO5. The fourth-order valence-corrected chi connectivity index (χ4v) is 5.53. The van der Waals surface area contributed by atoms with Crippen LogP contribution in [0.2, 0.25) is 0 Å². The Hall–Kier alpha value is -3.45. The first-order valence-corrected chi connectivity index (χ1v) is 12.7. The maximum absolute atomic E-state index is 14.6. The van der Waals surface area contributed by atoms with Gasteiger partial charge in [-0.15, -0.1) is 0 Å². The lowest BCUT2D eigenvalue weighted by atomic mass is 9.82. The summed E-state index contributed by atoms with van der Waals surface area (Å²) in [5, 5.41) is 10.1. The van der Waals surface area contributed by atoms with Crippen molar-refractivity contribution in [1.29, 1.82) is 0 Å². The molecule has 0 radical (unpaired) electrons. The molecule has 1 saturated carbocycles. The zero-order valence-corrected chi connectivity index (χ0v) is 21.4. The fraction of sp³-hybridized carbons (Fsp3) is 0.400. The molecule has 1 fully saturated rings. The second-order valence-electron chi connectivity index (χ2n) is 9.97. The van der Waals surface area contributed by atoms with Crippen LogP contribution in [-0.4, -0.2) is 30.3 Å². The van der Waals surface area contributed by atoms with Crippen molar-refractivity contribution in [2.45, 2.75) is 51.2 Å². The van der Waals surface area contributed by atoms with E-state index in [-0.39, 0.29) is 30.5 Å². The van der Waals surface area contributed by atoms with Crippen molar-refractivity contribution >= 4 is 5.97 Å². The van der Waals surface area contributed by atoms with Gasteiger partial charge in [0.1, 0.15) is 17.7 Å². The van der Waals surface area contributed by atoms with Crippen molar-refractivity contribution < 1.29 is 28.5 Å². The van der Waals surface area contributed by atoms with Crippen LogP contribution in [0.4, 0.5) is 4.39 Å². The van der Waals surface area contributed by atoms with Gasteiger partial charge < -0.3 is 19.3 Å². The van der Waals surface area contributed by atoms with Gasteiger partial charge >= 0.3 is 5.97 Å². The summed E-state index contributed by atoms with van der Waals surface area (Å²) < 4.78 is 31.2. The van der Waals surface area contributed by atoms with E-state index in [2.05, 4.69) is 23.2 Å². The summed E-state index contributed by atoms with van der Waals surface area (Å²) >= 11 is 0. The van der Waals surface area contributed by atoms with Crippen LogP contribution in [0.25, 0.3) is 11.1 Å². The summed E-state index contributed by atoms with van der Waals surface area (Å²) in [4.78, 5) is 16.2. The molecule has 0 bridgehead atoms. The second-order valence-corrected chi connectivity index (χ2v) is 9.97. The first-order valence-electron chi connectivity index (χ1n) is 12.7. The molecule has 3 atom stereocenters. The summed E-state index contributed by atoms with van der Waals surface area (Å²) in [6.45, 7) is 1.70. The molecule has 1 aliphatic carbocycles. The van der Waals surface area contributed by atoms with Gasteiger partial charge in [0.15, 0.2) is 0 Å². The Kier molecular flexibility index (Phi) is 7.15. The number of aryl methyl sites for hydroxylation is 1. The average molecular weight is 506 g/mol. The molecule has 194 valence electrons. The van der Waals surface area contributed by atoms with Crippen LogP contribution in [-0.2, 0) is 22.6 Å². The van der Waals surface area contributed by atoms with Gasteiger partial charge in [0.2, 0.25) is 5.88 Å². The minimum absolute atomic E-state index is 0.106. The van der Waals surface area contributed by atoms with Crippen LogP contribution in [0.15, 0.2) is 48.7 Å². The number of benzene rings is 2. The maximum atomic E-state index is 14.6. The zero-order chi connectivity index (χ0) is 26.1. The van der Waals surface area contributed by atoms with E-state index >= 15 is 0 Å². The predicted molar refractivity (Wildman–Crippen MR) is 137 cm³/mol. The molecule has 1 aliphatic heterocycles. The number of esters is 1. The van der Waals surface area contributed by atoms with E-state index in [1.165, 1.54) is 20.3 Å². The molecule has 0 saturated heterocycles. The zero-order valence-electron chi connectivity index (χ0n) is 21.4. The maximum Gasteiger partial charge on any atom is 0.309 e. The highest BCUT2D eigenvalue weighted by Gasteiger charge is 2.39. The van der Waals surface area contributed by atoms with Crippen molar-refractivity contribution in [2.24, 2.45) is 11.8 Å². The summed E-state index contributed by atoms with van der Waals surface area (Å²) in [5.41, 5.74) is 4.69. The first kappa shape index (κ1) is 25.2. The van der Waals surface area contributed by atoms with Crippen molar-refractivity contribution in [3.8, 4) is 22.8 Å². The van der Waals surface area contributed by atoms with Gasteiger partial charge in [-0.25, -0.2) is 9.37 Å². The van der Waals surface area contributed by atoms with Crippen LogP contribution in [0.3, 0.4) is 0 Å². The lowest BCUT2D eigenvalue weighted by Crippen LogP contribution is -2.23. The molecule has 37 heavy (non-hydrogen) atoms. The lowest BCUT2D eigenvalue weighted by molar-refractivity contribution is -0.145. The van der Waals surface area contributed by atoms with E-state index in [1.807, 2.05) is 25.1 Å². The summed E-state index contributed by atoms with van der Waals surface area (Å²) in [5.74, 6) is 0.835. The number of aromatic nitrogens is 1. The predicted octanol–water partition coefficient (Wildman–Crippen LogP) is 5.76. The molecule has 2 heterocycles. The normalized spacial score (nSPS) is 18.4. The van der Waals surface area contributed by atoms with E-state index in [0.29, 0.717) is 28.5 Å². The number of pyridine rings is 1. The third kappa shape index (κ3) is 5.05. The number of nitrogens with zero attached hydrogens (tertiary/aromatic N) is 1. The minimum atomic E-state index is -0.481. The van der Waals surface area contributed by atoms with Crippen molar-refractivity contribution in [2.75, 3.05) is 14.2 Å². The molecular weight excluding hydrogens is 473 g/mol. The third-order valence-corrected chi connectivity index (χ3v) is 7.66. The molecule has 7 heteroatoms. The van der Waals surface area contributed by atoms with Gasteiger partial charge in [0.05, 0.1) is 32.9 Å². The summed E-state index contributed by atoms with van der Waals surface area (Å²) in [6, 6.07) is 13.5. The Balaban J connectivity index is 1.42. The molecule has 0 unspecified atom stereocenters. The standard InChI is InChI=1S/C30H32FNO5/c1-17(30(34)36-3)29(19-5-6-19)21-7-4-18-9-11-26(37-27(18)13-21)20-8-10-23(22(12-20)16-33)24-14-28(35-2)32-15-25(24)31/h4,7-8,10,12-15,17,19,26,29,33H,5-6,9,11,16H2,1-3H3/t17-,26-,29-/m0/s1. The number of hydrogen-bond donors (Lipinski definition) is 1. The lowest BCUT2D eigenvalue weighted by Gasteiger charge is -2.29. The van der Waals surface area contributed by atoms with Crippen molar-refractivity contribution in [3.63, 3.8) is 0 Å². The number of aliphatic hydroxyl groups excluding tert-OH is 1. The largest absolute Gasteiger partial charge is 0.485 e. The SMILES string of the molecule is COC(=O)[C@@H](C)[C@H](c1ccc2c(c1)O[C@H](c1ccc(-c3cc(OC)ncc3F)c(CO)c1)CC2)C1CC1. The third-order valence-electron chi connectivity index (χ3n) is 7.66. The van der Waals surface area contributed by atoms with E-state index < -0.39 is 5.82 Å². The van der Waals surface area contributed by atoms with E-state index in [9.17, 15) is 14.3 Å². The van der Waals surface area contributed by atoms with E-state index in [4.69, 9.17) is 14.2 Å². The Bertz CT molecular complexity index is 1310. The van der Waals surface area contributed by atoms with Crippen molar-refractivity contribution in [3.05, 3.63) is 76.7 Å². The number of methoxy groups -OCH3 is 2. The Labute approximate surface area is 216 Å². The number of halogens is 1. The Morgan fingerprint density at radius 1 is 1.14 bits per heavy atom. The molecule has 1 aromatic heterocycles. The number of rotatable bonds is 8. The summed E-state index contributed by atoms with van der Waals surface area (Å²) in [6.07, 6.45) is 4.81. The van der Waals surface area contributed by atoms with Gasteiger partial charge in [0.25, 0.3) is 0 Å². The molecule has 5 rings (SSSR count). The van der Waals surface area contributed by atoms with Crippen LogP contribution in [0, 0.1) is 17.7 Å².